The normalized spacial score (nSPS) is 30.2. The summed E-state index contributed by atoms with van der Waals surface area (Å²) in [5, 5.41) is 3.06. The first-order chi connectivity index (χ1) is 12.1. The number of hydrogen-bond donors (Lipinski definition) is 1. The van der Waals surface area contributed by atoms with Gasteiger partial charge in [-0.05, 0) is 56.6 Å². The number of benzene rings is 1. The third-order valence-corrected chi connectivity index (χ3v) is 10.1. The van der Waals surface area contributed by atoms with Crippen molar-refractivity contribution in [3.8, 4) is 0 Å². The summed E-state index contributed by atoms with van der Waals surface area (Å²) < 4.78 is 0.395. The van der Waals surface area contributed by atoms with Gasteiger partial charge in [0, 0.05) is 23.0 Å². The molecular weight excluding hydrogens is 350 g/mol. The Bertz CT molecular complexity index is 668. The van der Waals surface area contributed by atoms with Crippen LogP contribution in [0.1, 0.15) is 49.4 Å². The Morgan fingerprint density at radius 1 is 1.08 bits per heavy atom. The Labute approximate surface area is 158 Å². The summed E-state index contributed by atoms with van der Waals surface area (Å²) in [7, 11) is 0. The standard InChI is InChI=1S/C20H25NO2S2/c1-13(22)17-7-2-3-8-18(17)21-19(23)14-11-15-5-4-6-16(12-14)20(15)24-9-10-25-20/h2-3,7-8,14-16H,4-6,9-12H2,1H3,(H,21,23). The summed E-state index contributed by atoms with van der Waals surface area (Å²) in [5.74, 6) is 4.04. The van der Waals surface area contributed by atoms with Crippen LogP contribution >= 0.6 is 23.5 Å². The maximum absolute atomic E-state index is 12.9. The molecule has 2 aliphatic carbocycles. The number of carbonyl (C=O) groups is 2. The maximum Gasteiger partial charge on any atom is 0.227 e. The van der Waals surface area contributed by atoms with Crippen molar-refractivity contribution in [3.05, 3.63) is 29.8 Å². The minimum Gasteiger partial charge on any atom is -0.325 e. The number of thioether (sulfide) groups is 2. The highest BCUT2D eigenvalue weighted by molar-refractivity contribution is 8.21. The third kappa shape index (κ3) is 3.14. The Kier molecular flexibility index (Phi) is 4.89. The predicted molar refractivity (Wildman–Crippen MR) is 106 cm³/mol. The second kappa shape index (κ2) is 6.99. The second-order valence-corrected chi connectivity index (χ2v) is 10.5. The van der Waals surface area contributed by atoms with E-state index < -0.39 is 0 Å². The van der Waals surface area contributed by atoms with E-state index >= 15 is 0 Å². The van der Waals surface area contributed by atoms with Gasteiger partial charge in [-0.3, -0.25) is 9.59 Å². The van der Waals surface area contributed by atoms with Crippen molar-refractivity contribution < 1.29 is 9.59 Å². The molecule has 1 amide bonds. The summed E-state index contributed by atoms with van der Waals surface area (Å²) in [6.45, 7) is 1.55. The highest BCUT2D eigenvalue weighted by Crippen LogP contribution is 2.64. The number of hydrogen-bond acceptors (Lipinski definition) is 4. The van der Waals surface area contributed by atoms with E-state index in [2.05, 4.69) is 28.8 Å². The van der Waals surface area contributed by atoms with E-state index in [1.807, 2.05) is 18.2 Å². The molecule has 5 heteroatoms. The number of amides is 1. The van der Waals surface area contributed by atoms with E-state index in [4.69, 9.17) is 0 Å². The van der Waals surface area contributed by atoms with Crippen molar-refractivity contribution in [3.63, 3.8) is 0 Å². The minimum atomic E-state index is -0.00544. The van der Waals surface area contributed by atoms with Gasteiger partial charge >= 0.3 is 0 Å². The van der Waals surface area contributed by atoms with Gasteiger partial charge in [-0.1, -0.05) is 18.6 Å². The molecule has 3 nitrogen and oxygen atoms in total. The monoisotopic (exact) mass is 375 g/mol. The van der Waals surface area contributed by atoms with Gasteiger partial charge in [-0.2, -0.15) is 0 Å². The lowest BCUT2D eigenvalue weighted by Gasteiger charge is -2.52. The zero-order chi connectivity index (χ0) is 17.4. The van der Waals surface area contributed by atoms with E-state index in [1.54, 1.807) is 13.0 Å². The van der Waals surface area contributed by atoms with Crippen molar-refractivity contribution in [2.24, 2.45) is 17.8 Å². The zero-order valence-corrected chi connectivity index (χ0v) is 16.3. The largest absolute Gasteiger partial charge is 0.325 e. The highest BCUT2D eigenvalue weighted by Gasteiger charge is 2.55. The summed E-state index contributed by atoms with van der Waals surface area (Å²) in [6, 6.07) is 7.34. The van der Waals surface area contributed by atoms with Gasteiger partial charge in [0.15, 0.2) is 5.78 Å². The molecule has 2 saturated carbocycles. The first kappa shape index (κ1) is 17.5. The fourth-order valence-electron chi connectivity index (χ4n) is 4.96. The average molecular weight is 376 g/mol. The molecule has 3 fully saturated rings. The topological polar surface area (TPSA) is 46.2 Å². The molecule has 3 aliphatic rings. The first-order valence-corrected chi connectivity index (χ1v) is 11.3. The lowest BCUT2D eigenvalue weighted by molar-refractivity contribution is -0.122. The molecule has 0 radical (unpaired) electrons. The van der Waals surface area contributed by atoms with Crippen molar-refractivity contribution in [2.45, 2.75) is 43.1 Å². The number of para-hydroxylation sites is 1. The summed E-state index contributed by atoms with van der Waals surface area (Å²) in [6.07, 6.45) is 5.86. The smallest absolute Gasteiger partial charge is 0.227 e. The van der Waals surface area contributed by atoms with Crippen molar-refractivity contribution in [1.29, 1.82) is 0 Å². The molecule has 1 spiro atoms. The Morgan fingerprint density at radius 2 is 1.72 bits per heavy atom. The molecule has 2 atom stereocenters. The zero-order valence-electron chi connectivity index (χ0n) is 14.6. The molecule has 1 aliphatic heterocycles. The molecule has 1 aromatic carbocycles. The molecule has 2 bridgehead atoms. The molecule has 1 heterocycles. The molecule has 2 unspecified atom stereocenters. The van der Waals surface area contributed by atoms with Gasteiger partial charge in [-0.25, -0.2) is 0 Å². The Morgan fingerprint density at radius 3 is 2.36 bits per heavy atom. The van der Waals surface area contributed by atoms with Crippen LogP contribution < -0.4 is 5.32 Å². The van der Waals surface area contributed by atoms with E-state index in [-0.39, 0.29) is 17.6 Å². The van der Waals surface area contributed by atoms with Gasteiger partial charge in [0.1, 0.15) is 0 Å². The molecule has 4 rings (SSSR count). The molecule has 134 valence electrons. The van der Waals surface area contributed by atoms with Crippen LogP contribution in [-0.4, -0.2) is 27.3 Å². The summed E-state index contributed by atoms with van der Waals surface area (Å²) in [4.78, 5) is 24.7. The average Bonchev–Trinajstić information content (AvgIpc) is 3.04. The number of Topliss-reactive ketones (excluding diaryl/α,β-unsaturated/α-hetero) is 1. The van der Waals surface area contributed by atoms with Gasteiger partial charge < -0.3 is 5.32 Å². The fraction of sp³-hybridized carbons (Fsp3) is 0.600. The van der Waals surface area contributed by atoms with E-state index in [9.17, 15) is 9.59 Å². The Balaban J connectivity index is 1.50. The van der Waals surface area contributed by atoms with Crippen molar-refractivity contribution >= 4 is 40.9 Å². The number of carbonyl (C=O) groups excluding carboxylic acids is 2. The minimum absolute atomic E-state index is 0.00544. The Hall–Kier alpha value is -0.940. The van der Waals surface area contributed by atoms with E-state index in [0.29, 0.717) is 27.2 Å². The number of rotatable bonds is 3. The van der Waals surface area contributed by atoms with Crippen LogP contribution in [0.3, 0.4) is 0 Å². The van der Waals surface area contributed by atoms with Crippen LogP contribution in [0.15, 0.2) is 24.3 Å². The SMILES string of the molecule is CC(=O)c1ccccc1NC(=O)C1CC2CCCC(C1)C21SCCS1. The molecule has 25 heavy (non-hydrogen) atoms. The van der Waals surface area contributed by atoms with E-state index in [1.165, 1.54) is 30.8 Å². The first-order valence-electron chi connectivity index (χ1n) is 9.29. The lowest BCUT2D eigenvalue weighted by atomic mass is 9.67. The van der Waals surface area contributed by atoms with Crippen molar-refractivity contribution in [2.75, 3.05) is 16.8 Å². The van der Waals surface area contributed by atoms with Gasteiger partial charge in [0.2, 0.25) is 5.91 Å². The quantitative estimate of drug-likeness (QED) is 0.769. The van der Waals surface area contributed by atoms with Crippen LogP contribution in [0.5, 0.6) is 0 Å². The highest BCUT2D eigenvalue weighted by atomic mass is 32.2. The summed E-state index contributed by atoms with van der Waals surface area (Å²) in [5.41, 5.74) is 1.26. The van der Waals surface area contributed by atoms with Gasteiger partial charge in [-0.15, -0.1) is 23.5 Å². The van der Waals surface area contributed by atoms with Crippen LogP contribution in [0.2, 0.25) is 0 Å². The number of ketones is 1. The second-order valence-electron chi connectivity index (χ2n) is 7.50. The molecular formula is C20H25NO2S2. The predicted octanol–water partition coefficient (Wildman–Crippen LogP) is 4.83. The molecule has 1 aromatic rings. The maximum atomic E-state index is 12.9. The van der Waals surface area contributed by atoms with E-state index in [0.717, 1.165) is 12.8 Å². The molecule has 0 aromatic heterocycles. The third-order valence-electron chi connectivity index (χ3n) is 6.05. The fourth-order valence-corrected chi connectivity index (χ4v) is 8.89. The van der Waals surface area contributed by atoms with Crippen LogP contribution in [0.25, 0.3) is 0 Å². The van der Waals surface area contributed by atoms with Crippen LogP contribution in [-0.2, 0) is 4.79 Å². The van der Waals surface area contributed by atoms with Crippen molar-refractivity contribution in [1.82, 2.24) is 0 Å². The lowest BCUT2D eigenvalue weighted by Crippen LogP contribution is -2.48. The van der Waals surface area contributed by atoms with Gasteiger partial charge in [0.25, 0.3) is 0 Å². The van der Waals surface area contributed by atoms with Gasteiger partial charge in [0.05, 0.1) is 9.77 Å². The molecule has 1 N–H and O–H groups in total. The molecule has 1 saturated heterocycles. The van der Waals surface area contributed by atoms with Crippen LogP contribution in [0.4, 0.5) is 5.69 Å². The number of anilines is 1. The summed E-state index contributed by atoms with van der Waals surface area (Å²) >= 11 is 4.34. The van der Waals surface area contributed by atoms with Crippen LogP contribution in [0, 0.1) is 17.8 Å². The number of nitrogens with one attached hydrogen (secondary N) is 1.